The number of thiazole rings is 1. The molecule has 0 aliphatic rings. The summed E-state index contributed by atoms with van der Waals surface area (Å²) in [7, 11) is 0. The van der Waals surface area contributed by atoms with Crippen LogP contribution in [-0.2, 0) is 6.54 Å². The molecule has 2 rings (SSSR count). The Kier molecular flexibility index (Phi) is 3.91. The molecule has 0 aliphatic heterocycles. The lowest BCUT2D eigenvalue weighted by atomic mass is 10.1. The monoisotopic (exact) mass is 276 g/mol. The Morgan fingerprint density at radius 1 is 1.42 bits per heavy atom. The standard InChI is InChI=1S/C13H12N2O3S/c1-8-11(19-7-15-8)12(16)14-6-9-3-2-4-10(5-9)13(17)18/h2-5,7H,6H2,1H3,(H,14,16)(H,17,18). The Morgan fingerprint density at radius 3 is 2.84 bits per heavy atom. The maximum atomic E-state index is 11.9. The molecule has 0 bridgehead atoms. The van der Waals surface area contributed by atoms with Gasteiger partial charge >= 0.3 is 5.97 Å². The number of carbonyl (C=O) groups excluding carboxylic acids is 1. The molecule has 19 heavy (non-hydrogen) atoms. The molecule has 0 unspecified atom stereocenters. The topological polar surface area (TPSA) is 79.3 Å². The van der Waals surface area contributed by atoms with Crippen LogP contribution in [0.3, 0.4) is 0 Å². The zero-order chi connectivity index (χ0) is 13.8. The van der Waals surface area contributed by atoms with Gasteiger partial charge in [0.2, 0.25) is 0 Å². The minimum atomic E-state index is -0.980. The summed E-state index contributed by atoms with van der Waals surface area (Å²) in [6, 6.07) is 6.48. The number of amides is 1. The van der Waals surface area contributed by atoms with Crippen molar-refractivity contribution in [3.8, 4) is 0 Å². The molecular formula is C13H12N2O3S. The van der Waals surface area contributed by atoms with E-state index in [1.807, 2.05) is 0 Å². The molecule has 1 aromatic carbocycles. The quantitative estimate of drug-likeness (QED) is 0.896. The number of carboxylic acid groups (broad SMARTS) is 1. The summed E-state index contributed by atoms with van der Waals surface area (Å²) in [6.07, 6.45) is 0. The molecular weight excluding hydrogens is 264 g/mol. The molecule has 2 N–H and O–H groups in total. The summed E-state index contributed by atoms with van der Waals surface area (Å²) >= 11 is 1.28. The highest BCUT2D eigenvalue weighted by Crippen LogP contribution is 2.12. The summed E-state index contributed by atoms with van der Waals surface area (Å²) < 4.78 is 0. The van der Waals surface area contributed by atoms with Gasteiger partial charge in [-0.25, -0.2) is 9.78 Å². The Morgan fingerprint density at radius 2 is 2.21 bits per heavy atom. The lowest BCUT2D eigenvalue weighted by molar-refractivity contribution is 0.0696. The summed E-state index contributed by atoms with van der Waals surface area (Å²) in [5.41, 5.74) is 3.27. The van der Waals surface area contributed by atoms with Crippen molar-refractivity contribution >= 4 is 23.2 Å². The SMILES string of the molecule is Cc1ncsc1C(=O)NCc1cccc(C(=O)O)c1. The summed E-state index contributed by atoms with van der Waals surface area (Å²) in [5.74, 6) is -1.17. The van der Waals surface area contributed by atoms with Crippen LogP contribution < -0.4 is 5.32 Å². The van der Waals surface area contributed by atoms with Gasteiger partial charge in [0.25, 0.3) is 5.91 Å². The number of hydrogen-bond donors (Lipinski definition) is 2. The smallest absolute Gasteiger partial charge is 0.335 e. The fraction of sp³-hybridized carbons (Fsp3) is 0.154. The van der Waals surface area contributed by atoms with Gasteiger partial charge in [-0.1, -0.05) is 12.1 Å². The minimum absolute atomic E-state index is 0.194. The van der Waals surface area contributed by atoms with E-state index in [2.05, 4.69) is 10.3 Å². The third-order valence-corrected chi connectivity index (χ3v) is 3.51. The molecule has 1 heterocycles. The molecule has 0 spiro atoms. The lowest BCUT2D eigenvalue weighted by Gasteiger charge is -2.05. The number of benzene rings is 1. The number of carbonyl (C=O) groups is 2. The second-order valence-corrected chi connectivity index (χ2v) is 4.81. The van der Waals surface area contributed by atoms with E-state index >= 15 is 0 Å². The van der Waals surface area contributed by atoms with Crippen molar-refractivity contribution in [1.82, 2.24) is 10.3 Å². The number of nitrogens with one attached hydrogen (secondary N) is 1. The third-order valence-electron chi connectivity index (χ3n) is 2.58. The van der Waals surface area contributed by atoms with Crippen molar-refractivity contribution in [2.24, 2.45) is 0 Å². The zero-order valence-electron chi connectivity index (χ0n) is 10.2. The van der Waals surface area contributed by atoms with Crippen LogP contribution in [0, 0.1) is 6.92 Å². The van der Waals surface area contributed by atoms with E-state index in [1.54, 1.807) is 30.6 Å². The number of aromatic carboxylic acids is 1. The fourth-order valence-corrected chi connectivity index (χ4v) is 2.32. The lowest BCUT2D eigenvalue weighted by Crippen LogP contribution is -2.22. The highest BCUT2D eigenvalue weighted by molar-refractivity contribution is 7.11. The largest absolute Gasteiger partial charge is 0.478 e. The van der Waals surface area contributed by atoms with E-state index in [4.69, 9.17) is 5.11 Å². The number of aromatic nitrogens is 1. The van der Waals surface area contributed by atoms with E-state index in [0.717, 1.165) is 5.56 Å². The van der Waals surface area contributed by atoms with E-state index in [9.17, 15) is 9.59 Å². The average Bonchev–Trinajstić information content (AvgIpc) is 2.82. The van der Waals surface area contributed by atoms with Gasteiger partial charge in [0.05, 0.1) is 16.8 Å². The molecule has 98 valence electrons. The molecule has 2 aromatic rings. The molecule has 5 nitrogen and oxygen atoms in total. The molecule has 0 saturated heterocycles. The van der Waals surface area contributed by atoms with Crippen LogP contribution in [0.2, 0.25) is 0 Å². The zero-order valence-corrected chi connectivity index (χ0v) is 11.0. The highest BCUT2D eigenvalue weighted by Gasteiger charge is 2.11. The van der Waals surface area contributed by atoms with Crippen molar-refractivity contribution in [2.75, 3.05) is 0 Å². The van der Waals surface area contributed by atoms with Gasteiger partial charge in [-0.2, -0.15) is 0 Å². The third kappa shape index (κ3) is 3.17. The number of nitrogens with zero attached hydrogens (tertiary/aromatic N) is 1. The molecule has 0 radical (unpaired) electrons. The second-order valence-electron chi connectivity index (χ2n) is 3.96. The number of aryl methyl sites for hydroxylation is 1. The van der Waals surface area contributed by atoms with Crippen LogP contribution >= 0.6 is 11.3 Å². The maximum absolute atomic E-state index is 11.9. The predicted octanol–water partition coefficient (Wildman–Crippen LogP) is 2.08. The Balaban J connectivity index is 2.03. The number of hydrogen-bond acceptors (Lipinski definition) is 4. The second kappa shape index (κ2) is 5.62. The van der Waals surface area contributed by atoms with Crippen molar-refractivity contribution in [2.45, 2.75) is 13.5 Å². The van der Waals surface area contributed by atoms with E-state index in [0.29, 0.717) is 10.6 Å². The van der Waals surface area contributed by atoms with E-state index < -0.39 is 5.97 Å². The van der Waals surface area contributed by atoms with Crippen LogP contribution in [0.5, 0.6) is 0 Å². The van der Waals surface area contributed by atoms with E-state index in [1.165, 1.54) is 17.4 Å². The summed E-state index contributed by atoms with van der Waals surface area (Å²) in [4.78, 5) is 27.3. The summed E-state index contributed by atoms with van der Waals surface area (Å²) in [6.45, 7) is 2.06. The maximum Gasteiger partial charge on any atom is 0.335 e. The Labute approximate surface area is 113 Å². The average molecular weight is 276 g/mol. The van der Waals surface area contributed by atoms with Gasteiger partial charge < -0.3 is 10.4 Å². The first-order valence-corrected chi connectivity index (χ1v) is 6.46. The van der Waals surface area contributed by atoms with Crippen molar-refractivity contribution in [1.29, 1.82) is 0 Å². The van der Waals surface area contributed by atoms with Crippen molar-refractivity contribution in [3.63, 3.8) is 0 Å². The van der Waals surface area contributed by atoms with Crippen LogP contribution in [-0.4, -0.2) is 22.0 Å². The normalized spacial score (nSPS) is 10.2. The van der Waals surface area contributed by atoms with Gasteiger partial charge in [0, 0.05) is 6.54 Å². The van der Waals surface area contributed by atoms with E-state index in [-0.39, 0.29) is 18.0 Å². The van der Waals surface area contributed by atoms with Crippen molar-refractivity contribution < 1.29 is 14.7 Å². The molecule has 1 amide bonds. The predicted molar refractivity (Wildman–Crippen MR) is 71.4 cm³/mol. The van der Waals surface area contributed by atoms with Gasteiger partial charge in [-0.15, -0.1) is 11.3 Å². The molecule has 0 fully saturated rings. The van der Waals surface area contributed by atoms with Gasteiger partial charge in [-0.05, 0) is 24.6 Å². The molecule has 0 aliphatic carbocycles. The molecule has 1 aromatic heterocycles. The first kappa shape index (κ1) is 13.2. The minimum Gasteiger partial charge on any atom is -0.478 e. The molecule has 6 heteroatoms. The first-order chi connectivity index (χ1) is 9.08. The van der Waals surface area contributed by atoms with Gasteiger partial charge in [-0.3, -0.25) is 4.79 Å². The Hall–Kier alpha value is -2.21. The van der Waals surface area contributed by atoms with Crippen molar-refractivity contribution in [3.05, 3.63) is 51.5 Å². The first-order valence-electron chi connectivity index (χ1n) is 5.58. The number of carboxylic acids is 1. The van der Waals surface area contributed by atoms with Crippen LogP contribution in [0.15, 0.2) is 29.8 Å². The Bertz CT molecular complexity index is 622. The number of rotatable bonds is 4. The molecule has 0 atom stereocenters. The van der Waals surface area contributed by atoms with Gasteiger partial charge in [0.1, 0.15) is 4.88 Å². The van der Waals surface area contributed by atoms with Crippen LogP contribution in [0.25, 0.3) is 0 Å². The highest BCUT2D eigenvalue weighted by atomic mass is 32.1. The fourth-order valence-electron chi connectivity index (χ4n) is 1.60. The molecule has 0 saturated carbocycles. The van der Waals surface area contributed by atoms with Crippen LogP contribution in [0.4, 0.5) is 0 Å². The van der Waals surface area contributed by atoms with Gasteiger partial charge in [0.15, 0.2) is 0 Å². The van der Waals surface area contributed by atoms with Crippen LogP contribution in [0.1, 0.15) is 31.3 Å². The summed E-state index contributed by atoms with van der Waals surface area (Å²) in [5, 5.41) is 11.6.